The molecule has 0 aromatic heterocycles. The van der Waals surface area contributed by atoms with Crippen molar-refractivity contribution in [2.24, 2.45) is 11.8 Å². The second-order valence-corrected chi connectivity index (χ2v) is 6.84. The van der Waals surface area contributed by atoms with Crippen LogP contribution in [0.1, 0.15) is 61.8 Å². The van der Waals surface area contributed by atoms with Crippen LogP contribution in [0, 0.1) is 18.8 Å². The van der Waals surface area contributed by atoms with Crippen LogP contribution in [-0.2, 0) is 6.42 Å². The molecular formula is C18H27N. The maximum Gasteiger partial charge on any atom is 0.0326 e. The highest BCUT2D eigenvalue weighted by Gasteiger charge is 2.24. The highest BCUT2D eigenvalue weighted by molar-refractivity contribution is 5.37. The predicted octanol–water partition coefficient (Wildman–Crippen LogP) is 4.40. The van der Waals surface area contributed by atoms with Crippen LogP contribution in [-0.4, -0.2) is 6.54 Å². The van der Waals surface area contributed by atoms with Crippen LogP contribution < -0.4 is 5.32 Å². The number of nitrogens with one attached hydrogen (secondary N) is 1. The Bertz CT molecular complexity index is 437. The third-order valence-electron chi connectivity index (χ3n) is 5.08. The lowest BCUT2D eigenvalue weighted by Crippen LogP contribution is -2.29. The van der Waals surface area contributed by atoms with E-state index in [-0.39, 0.29) is 0 Å². The standard InChI is InChI=1S/C18H27N/c1-13-4-3-5-15(10-13)12-19-18-9-8-16-7-6-14(2)11-17(16)18/h6-7,11,13,15,18-19H,3-5,8-10,12H2,1-2H3. The van der Waals surface area contributed by atoms with Crippen LogP contribution in [0.5, 0.6) is 0 Å². The van der Waals surface area contributed by atoms with Crippen molar-refractivity contribution in [2.75, 3.05) is 6.54 Å². The number of hydrogen-bond donors (Lipinski definition) is 1. The quantitative estimate of drug-likeness (QED) is 0.846. The molecule has 19 heavy (non-hydrogen) atoms. The van der Waals surface area contributed by atoms with Gasteiger partial charge in [0, 0.05) is 6.04 Å². The van der Waals surface area contributed by atoms with Gasteiger partial charge in [0.15, 0.2) is 0 Å². The van der Waals surface area contributed by atoms with Gasteiger partial charge in [0.2, 0.25) is 0 Å². The number of aryl methyl sites for hydroxylation is 2. The SMILES string of the molecule is Cc1ccc2c(c1)C(NCC1CCCC(C)C1)CC2. The van der Waals surface area contributed by atoms with Crippen LogP contribution in [0.2, 0.25) is 0 Å². The van der Waals surface area contributed by atoms with Gasteiger partial charge in [0.25, 0.3) is 0 Å². The summed E-state index contributed by atoms with van der Waals surface area (Å²) in [5.74, 6) is 1.86. The van der Waals surface area contributed by atoms with E-state index < -0.39 is 0 Å². The van der Waals surface area contributed by atoms with E-state index in [1.807, 2.05) is 0 Å². The monoisotopic (exact) mass is 257 g/mol. The first-order valence-corrected chi connectivity index (χ1v) is 8.05. The van der Waals surface area contributed by atoms with E-state index >= 15 is 0 Å². The Hall–Kier alpha value is -0.820. The molecule has 3 atom stereocenters. The van der Waals surface area contributed by atoms with Gasteiger partial charge in [-0.25, -0.2) is 0 Å². The van der Waals surface area contributed by atoms with Gasteiger partial charge in [-0.3, -0.25) is 0 Å². The minimum Gasteiger partial charge on any atom is -0.310 e. The van der Waals surface area contributed by atoms with E-state index in [9.17, 15) is 0 Å². The van der Waals surface area contributed by atoms with Crippen molar-refractivity contribution >= 4 is 0 Å². The summed E-state index contributed by atoms with van der Waals surface area (Å²) < 4.78 is 0. The zero-order valence-electron chi connectivity index (χ0n) is 12.4. The molecule has 1 nitrogen and oxygen atoms in total. The fourth-order valence-electron chi connectivity index (χ4n) is 3.99. The molecule has 1 heteroatoms. The minimum atomic E-state index is 0.618. The Morgan fingerprint density at radius 3 is 2.95 bits per heavy atom. The van der Waals surface area contributed by atoms with Crippen molar-refractivity contribution in [2.45, 2.75) is 58.4 Å². The maximum atomic E-state index is 3.86. The Balaban J connectivity index is 1.59. The Morgan fingerprint density at radius 1 is 1.21 bits per heavy atom. The summed E-state index contributed by atoms with van der Waals surface area (Å²) in [6.07, 6.45) is 8.30. The van der Waals surface area contributed by atoms with Crippen molar-refractivity contribution in [1.29, 1.82) is 0 Å². The molecule has 0 aliphatic heterocycles. The van der Waals surface area contributed by atoms with Gasteiger partial charge in [0.05, 0.1) is 0 Å². The molecule has 0 bridgehead atoms. The lowest BCUT2D eigenvalue weighted by atomic mass is 9.82. The van der Waals surface area contributed by atoms with Crippen LogP contribution in [0.4, 0.5) is 0 Å². The van der Waals surface area contributed by atoms with Crippen molar-refractivity contribution in [3.8, 4) is 0 Å². The molecule has 0 saturated heterocycles. The second-order valence-electron chi connectivity index (χ2n) is 6.84. The Morgan fingerprint density at radius 2 is 2.11 bits per heavy atom. The van der Waals surface area contributed by atoms with Crippen molar-refractivity contribution < 1.29 is 0 Å². The molecule has 1 fully saturated rings. The number of rotatable bonds is 3. The third kappa shape index (κ3) is 3.02. The van der Waals surface area contributed by atoms with Gasteiger partial charge < -0.3 is 5.32 Å². The molecule has 1 saturated carbocycles. The average Bonchev–Trinajstić information content (AvgIpc) is 2.79. The van der Waals surface area contributed by atoms with Crippen LogP contribution in [0.25, 0.3) is 0 Å². The summed E-state index contributed by atoms with van der Waals surface area (Å²) in [4.78, 5) is 0. The zero-order chi connectivity index (χ0) is 13.2. The Labute approximate surface area is 117 Å². The molecule has 0 amide bonds. The van der Waals surface area contributed by atoms with E-state index in [0.29, 0.717) is 6.04 Å². The molecule has 2 aliphatic rings. The van der Waals surface area contributed by atoms with Crippen molar-refractivity contribution in [1.82, 2.24) is 5.32 Å². The third-order valence-corrected chi connectivity index (χ3v) is 5.08. The largest absolute Gasteiger partial charge is 0.310 e. The highest BCUT2D eigenvalue weighted by Crippen LogP contribution is 2.33. The number of hydrogen-bond acceptors (Lipinski definition) is 1. The molecule has 2 aliphatic carbocycles. The first kappa shape index (κ1) is 13.2. The highest BCUT2D eigenvalue weighted by atomic mass is 14.9. The van der Waals surface area contributed by atoms with Gasteiger partial charge in [0.1, 0.15) is 0 Å². The summed E-state index contributed by atoms with van der Waals surface area (Å²) in [6.45, 7) is 5.85. The normalized spacial score (nSPS) is 30.3. The molecule has 1 N–H and O–H groups in total. The van der Waals surface area contributed by atoms with Gasteiger partial charge in [-0.15, -0.1) is 0 Å². The van der Waals surface area contributed by atoms with Gasteiger partial charge in [-0.2, -0.15) is 0 Å². The fraction of sp³-hybridized carbons (Fsp3) is 0.667. The van der Waals surface area contributed by atoms with Gasteiger partial charge in [-0.1, -0.05) is 43.5 Å². The molecular weight excluding hydrogens is 230 g/mol. The molecule has 3 unspecified atom stereocenters. The predicted molar refractivity (Wildman–Crippen MR) is 81.4 cm³/mol. The van der Waals surface area contributed by atoms with E-state index in [1.165, 1.54) is 50.6 Å². The average molecular weight is 257 g/mol. The molecule has 1 aromatic rings. The number of fused-ring (bicyclic) bond motifs is 1. The lowest BCUT2D eigenvalue weighted by molar-refractivity contribution is 0.266. The molecule has 1 aromatic carbocycles. The van der Waals surface area contributed by atoms with E-state index in [0.717, 1.165) is 11.8 Å². The maximum absolute atomic E-state index is 3.86. The summed E-state index contributed by atoms with van der Waals surface area (Å²) in [5.41, 5.74) is 4.54. The molecule has 0 heterocycles. The smallest absolute Gasteiger partial charge is 0.0326 e. The van der Waals surface area contributed by atoms with E-state index in [1.54, 1.807) is 11.1 Å². The summed E-state index contributed by atoms with van der Waals surface area (Å²) >= 11 is 0. The van der Waals surface area contributed by atoms with Crippen LogP contribution >= 0.6 is 0 Å². The zero-order valence-corrected chi connectivity index (χ0v) is 12.4. The molecule has 104 valence electrons. The van der Waals surface area contributed by atoms with E-state index in [2.05, 4.69) is 37.4 Å². The minimum absolute atomic E-state index is 0.618. The van der Waals surface area contributed by atoms with Gasteiger partial charge in [-0.05, 0) is 62.1 Å². The summed E-state index contributed by atoms with van der Waals surface area (Å²) in [6, 6.07) is 7.59. The topological polar surface area (TPSA) is 12.0 Å². The summed E-state index contributed by atoms with van der Waals surface area (Å²) in [5, 5.41) is 3.86. The molecule has 0 spiro atoms. The summed E-state index contributed by atoms with van der Waals surface area (Å²) in [7, 11) is 0. The first-order chi connectivity index (χ1) is 9.22. The Kier molecular flexibility index (Phi) is 3.93. The van der Waals surface area contributed by atoms with Crippen molar-refractivity contribution in [3.05, 3.63) is 34.9 Å². The molecule has 3 rings (SSSR count). The number of benzene rings is 1. The second kappa shape index (κ2) is 5.66. The molecule has 0 radical (unpaired) electrons. The van der Waals surface area contributed by atoms with Crippen LogP contribution in [0.3, 0.4) is 0 Å². The van der Waals surface area contributed by atoms with Gasteiger partial charge >= 0.3 is 0 Å². The first-order valence-electron chi connectivity index (χ1n) is 8.05. The van der Waals surface area contributed by atoms with E-state index in [4.69, 9.17) is 0 Å². The van der Waals surface area contributed by atoms with Crippen LogP contribution in [0.15, 0.2) is 18.2 Å². The fourth-order valence-corrected chi connectivity index (χ4v) is 3.99. The van der Waals surface area contributed by atoms with Crippen molar-refractivity contribution in [3.63, 3.8) is 0 Å². The lowest BCUT2D eigenvalue weighted by Gasteiger charge is -2.28.